The molecule has 0 aliphatic rings. The van der Waals surface area contributed by atoms with Crippen molar-refractivity contribution in [2.45, 2.75) is 0 Å². The van der Waals surface area contributed by atoms with Gasteiger partial charge in [0.1, 0.15) is 0 Å². The van der Waals surface area contributed by atoms with Crippen LogP contribution in [-0.4, -0.2) is 27.4 Å². The molecule has 1 aromatic rings. The van der Waals surface area contributed by atoms with Crippen LogP contribution < -0.4 is 11.1 Å². The highest BCUT2D eigenvalue weighted by atomic mass is 35.5. The topological polar surface area (TPSA) is 93.8 Å². The molecule has 0 aliphatic heterocycles. The van der Waals surface area contributed by atoms with E-state index in [1.807, 2.05) is 0 Å². The van der Waals surface area contributed by atoms with Gasteiger partial charge in [0.15, 0.2) is 0 Å². The molecular formula is C5H5Cl2N5O. The number of carbonyl (C=O) groups is 1. The normalized spacial score (nSPS) is 9.69. The van der Waals surface area contributed by atoms with Crippen LogP contribution >= 0.6 is 23.2 Å². The van der Waals surface area contributed by atoms with Crippen molar-refractivity contribution in [2.75, 3.05) is 11.9 Å². The highest BCUT2D eigenvalue weighted by molar-refractivity contribution is 6.31. The molecule has 3 N–H and O–H groups in total. The fourth-order valence-electron chi connectivity index (χ4n) is 0.571. The van der Waals surface area contributed by atoms with Gasteiger partial charge in [-0.2, -0.15) is 15.0 Å². The molecule has 0 atom stereocenters. The first kappa shape index (κ1) is 9.94. The molecule has 1 heterocycles. The van der Waals surface area contributed by atoms with E-state index in [0.29, 0.717) is 0 Å². The average molecular weight is 222 g/mol. The first-order valence-corrected chi connectivity index (χ1v) is 3.93. The van der Waals surface area contributed by atoms with E-state index < -0.39 is 5.91 Å². The molecule has 0 aliphatic carbocycles. The minimum atomic E-state index is -0.535. The maximum Gasteiger partial charge on any atom is 0.236 e. The summed E-state index contributed by atoms with van der Waals surface area (Å²) in [7, 11) is 0. The van der Waals surface area contributed by atoms with E-state index in [0.717, 1.165) is 0 Å². The highest BCUT2D eigenvalue weighted by Gasteiger charge is 2.02. The largest absolute Gasteiger partial charge is 0.368 e. The van der Waals surface area contributed by atoms with E-state index in [2.05, 4.69) is 20.3 Å². The number of halogens is 2. The van der Waals surface area contributed by atoms with Gasteiger partial charge in [-0.1, -0.05) is 0 Å². The summed E-state index contributed by atoms with van der Waals surface area (Å²) in [5.74, 6) is -0.420. The maximum absolute atomic E-state index is 10.4. The summed E-state index contributed by atoms with van der Waals surface area (Å²) < 4.78 is 0. The number of aromatic nitrogens is 3. The molecule has 1 aromatic heterocycles. The lowest BCUT2D eigenvalue weighted by Gasteiger charge is -2.01. The third-order valence-corrected chi connectivity index (χ3v) is 1.34. The molecule has 0 saturated heterocycles. The van der Waals surface area contributed by atoms with E-state index >= 15 is 0 Å². The second kappa shape index (κ2) is 4.20. The quantitative estimate of drug-likeness (QED) is 0.754. The Kier molecular flexibility index (Phi) is 3.21. The SMILES string of the molecule is NC(=O)CNc1nc(Cl)nc(Cl)n1. The highest BCUT2D eigenvalue weighted by Crippen LogP contribution is 2.08. The van der Waals surface area contributed by atoms with Gasteiger partial charge in [0.25, 0.3) is 0 Å². The Balaban J connectivity index is 2.71. The molecule has 70 valence electrons. The Bertz CT molecular complexity index is 310. The first-order chi connectivity index (χ1) is 6.08. The number of carbonyl (C=O) groups excluding carboxylic acids is 1. The van der Waals surface area contributed by atoms with Crippen LogP contribution in [0, 0.1) is 0 Å². The predicted molar refractivity (Wildman–Crippen MR) is 47.5 cm³/mol. The average Bonchev–Trinajstić information content (AvgIpc) is 1.99. The van der Waals surface area contributed by atoms with Gasteiger partial charge in [-0.15, -0.1) is 0 Å². The first-order valence-electron chi connectivity index (χ1n) is 3.17. The Labute approximate surface area is 83.5 Å². The number of amides is 1. The van der Waals surface area contributed by atoms with Gasteiger partial charge < -0.3 is 11.1 Å². The van der Waals surface area contributed by atoms with Crippen molar-refractivity contribution in [1.82, 2.24) is 15.0 Å². The van der Waals surface area contributed by atoms with Crippen LogP contribution in [-0.2, 0) is 4.79 Å². The van der Waals surface area contributed by atoms with Crippen LogP contribution in [0.25, 0.3) is 0 Å². The van der Waals surface area contributed by atoms with E-state index in [1.54, 1.807) is 0 Å². The molecule has 8 heteroatoms. The van der Waals surface area contributed by atoms with Gasteiger partial charge in [0.2, 0.25) is 22.4 Å². The van der Waals surface area contributed by atoms with Crippen molar-refractivity contribution in [3.05, 3.63) is 10.6 Å². The number of nitrogens with two attached hydrogens (primary N) is 1. The zero-order valence-electron chi connectivity index (χ0n) is 6.29. The van der Waals surface area contributed by atoms with Crippen LogP contribution in [0.4, 0.5) is 5.95 Å². The molecule has 0 unspecified atom stereocenters. The van der Waals surface area contributed by atoms with Crippen molar-refractivity contribution in [3.8, 4) is 0 Å². The summed E-state index contributed by atoms with van der Waals surface area (Å²) in [6, 6.07) is 0. The second-order valence-electron chi connectivity index (χ2n) is 2.02. The third-order valence-electron chi connectivity index (χ3n) is 1.00. The van der Waals surface area contributed by atoms with Crippen LogP contribution in [0.3, 0.4) is 0 Å². The molecule has 0 bridgehead atoms. The molecule has 6 nitrogen and oxygen atoms in total. The van der Waals surface area contributed by atoms with Crippen molar-refractivity contribution < 1.29 is 4.79 Å². The molecule has 0 fully saturated rings. The number of hydrogen-bond donors (Lipinski definition) is 2. The monoisotopic (exact) mass is 221 g/mol. The number of primary amides is 1. The minimum Gasteiger partial charge on any atom is -0.368 e. The van der Waals surface area contributed by atoms with Gasteiger partial charge in [0.05, 0.1) is 6.54 Å². The molecule has 1 amide bonds. The second-order valence-corrected chi connectivity index (χ2v) is 2.69. The molecule has 0 radical (unpaired) electrons. The third kappa shape index (κ3) is 3.39. The van der Waals surface area contributed by atoms with Gasteiger partial charge in [0, 0.05) is 0 Å². The van der Waals surface area contributed by atoms with E-state index in [4.69, 9.17) is 28.9 Å². The lowest BCUT2D eigenvalue weighted by Crippen LogP contribution is -2.22. The Hall–Kier alpha value is -1.14. The number of nitrogens with one attached hydrogen (secondary N) is 1. The molecule has 0 saturated carbocycles. The molecule has 0 aromatic carbocycles. The number of anilines is 1. The smallest absolute Gasteiger partial charge is 0.236 e. The maximum atomic E-state index is 10.4. The van der Waals surface area contributed by atoms with Gasteiger partial charge >= 0.3 is 0 Å². The number of nitrogens with zero attached hydrogens (tertiary/aromatic N) is 3. The van der Waals surface area contributed by atoms with E-state index in [-0.39, 0.29) is 23.1 Å². The Morgan fingerprint density at radius 1 is 1.31 bits per heavy atom. The van der Waals surface area contributed by atoms with Crippen LogP contribution in [0.2, 0.25) is 10.6 Å². The van der Waals surface area contributed by atoms with Crippen LogP contribution in [0.5, 0.6) is 0 Å². The van der Waals surface area contributed by atoms with Crippen molar-refractivity contribution in [1.29, 1.82) is 0 Å². The zero-order valence-corrected chi connectivity index (χ0v) is 7.80. The lowest BCUT2D eigenvalue weighted by atomic mass is 10.6. The van der Waals surface area contributed by atoms with Gasteiger partial charge in [-0.25, -0.2) is 0 Å². The number of rotatable bonds is 3. The van der Waals surface area contributed by atoms with Crippen molar-refractivity contribution in [3.63, 3.8) is 0 Å². The predicted octanol–water partition coefficient (Wildman–Crippen LogP) is 0.0756. The lowest BCUT2D eigenvalue weighted by molar-refractivity contribution is -0.116. The standard InChI is InChI=1S/C5H5Cl2N5O/c6-3-10-4(7)12-5(11-3)9-1-2(8)13/h1H2,(H2,8,13)(H,9,10,11,12). The Morgan fingerprint density at radius 2 is 1.85 bits per heavy atom. The summed E-state index contributed by atoms with van der Waals surface area (Å²) in [6.07, 6.45) is 0. The summed E-state index contributed by atoms with van der Waals surface area (Å²) in [5, 5.41) is 2.42. The van der Waals surface area contributed by atoms with Gasteiger partial charge in [-0.3, -0.25) is 4.79 Å². The molecule has 0 spiro atoms. The molecule has 1 rings (SSSR count). The summed E-state index contributed by atoms with van der Waals surface area (Å²) in [6.45, 7) is -0.0866. The Morgan fingerprint density at radius 3 is 2.31 bits per heavy atom. The molecular weight excluding hydrogens is 217 g/mol. The van der Waals surface area contributed by atoms with E-state index in [1.165, 1.54) is 0 Å². The van der Waals surface area contributed by atoms with E-state index in [9.17, 15) is 4.79 Å². The van der Waals surface area contributed by atoms with Crippen LogP contribution in [0.1, 0.15) is 0 Å². The fourth-order valence-corrected chi connectivity index (χ4v) is 0.935. The summed E-state index contributed by atoms with van der Waals surface area (Å²) >= 11 is 10.9. The van der Waals surface area contributed by atoms with Crippen LogP contribution in [0.15, 0.2) is 0 Å². The zero-order chi connectivity index (χ0) is 9.84. The summed E-state index contributed by atoms with van der Waals surface area (Å²) in [4.78, 5) is 21.2. The van der Waals surface area contributed by atoms with Crippen molar-refractivity contribution >= 4 is 35.1 Å². The molecule has 13 heavy (non-hydrogen) atoms. The number of hydrogen-bond acceptors (Lipinski definition) is 5. The minimum absolute atomic E-state index is 0.0491. The summed E-state index contributed by atoms with van der Waals surface area (Å²) in [5.41, 5.74) is 4.88. The van der Waals surface area contributed by atoms with Gasteiger partial charge in [-0.05, 0) is 23.2 Å². The van der Waals surface area contributed by atoms with Crippen molar-refractivity contribution in [2.24, 2.45) is 5.73 Å². The fraction of sp³-hybridized carbons (Fsp3) is 0.200.